The van der Waals surface area contributed by atoms with E-state index in [1.165, 1.54) is 70.8 Å². The maximum absolute atomic E-state index is 2.42. The van der Waals surface area contributed by atoms with E-state index in [4.69, 9.17) is 0 Å². The van der Waals surface area contributed by atoms with Crippen LogP contribution in [0.3, 0.4) is 0 Å². The van der Waals surface area contributed by atoms with Gasteiger partial charge in [0, 0.05) is 12.1 Å². The average Bonchev–Trinajstić information content (AvgIpc) is 2.55. The maximum Gasteiger partial charge on any atom is 0.213 e. The highest BCUT2D eigenvalue weighted by Gasteiger charge is 2.17. The van der Waals surface area contributed by atoms with E-state index in [1.54, 1.807) is 0 Å². The standard InChI is InChI=1S/C22H24N/c1-16-8-10-19-11-9-17-6-4-3-5-7-18-12-13-23(2)21(15-18)22(16)20(19)14-17/h8-15H,3-7H2,1-2H3/q+1. The molecule has 116 valence electrons. The van der Waals surface area contributed by atoms with Gasteiger partial charge in [-0.25, -0.2) is 4.57 Å². The van der Waals surface area contributed by atoms with Crippen LogP contribution in [-0.2, 0) is 19.9 Å². The Morgan fingerprint density at radius 2 is 1.57 bits per heavy atom. The lowest BCUT2D eigenvalue weighted by atomic mass is 9.92. The predicted molar refractivity (Wildman–Crippen MR) is 96.6 cm³/mol. The number of nitrogens with zero attached hydrogens (tertiary/aromatic N) is 1. The minimum Gasteiger partial charge on any atom is -0.201 e. The number of hydrogen-bond acceptors (Lipinski definition) is 0. The van der Waals surface area contributed by atoms with Crippen LogP contribution in [0.1, 0.15) is 36.0 Å². The molecule has 1 aliphatic rings. The Morgan fingerprint density at radius 3 is 2.39 bits per heavy atom. The third-order valence-electron chi connectivity index (χ3n) is 5.20. The molecule has 0 unspecified atom stereocenters. The van der Waals surface area contributed by atoms with Gasteiger partial charge in [-0.1, -0.05) is 36.8 Å². The van der Waals surface area contributed by atoms with Crippen LogP contribution in [0, 0.1) is 6.92 Å². The first kappa shape index (κ1) is 14.4. The Hall–Kier alpha value is -2.15. The second-order valence-corrected chi connectivity index (χ2v) is 6.90. The number of pyridine rings is 1. The van der Waals surface area contributed by atoms with E-state index in [0.717, 1.165) is 0 Å². The van der Waals surface area contributed by atoms with Crippen molar-refractivity contribution in [3.63, 3.8) is 0 Å². The van der Waals surface area contributed by atoms with Gasteiger partial charge in [0.15, 0.2) is 6.20 Å². The topological polar surface area (TPSA) is 3.88 Å². The molecule has 2 aromatic carbocycles. The zero-order valence-electron chi connectivity index (χ0n) is 14.1. The Bertz CT molecular complexity index is 877. The normalized spacial score (nSPS) is 14.5. The summed E-state index contributed by atoms with van der Waals surface area (Å²) in [5.41, 5.74) is 7.03. The van der Waals surface area contributed by atoms with Crippen molar-refractivity contribution >= 4 is 10.8 Å². The summed E-state index contributed by atoms with van der Waals surface area (Å²) in [5, 5.41) is 2.74. The van der Waals surface area contributed by atoms with E-state index < -0.39 is 0 Å². The summed E-state index contributed by atoms with van der Waals surface area (Å²) in [6.45, 7) is 2.24. The number of hydrogen-bond donors (Lipinski definition) is 0. The highest BCUT2D eigenvalue weighted by atomic mass is 14.9. The lowest BCUT2D eigenvalue weighted by Crippen LogP contribution is -2.30. The van der Waals surface area contributed by atoms with Crippen molar-refractivity contribution in [2.75, 3.05) is 0 Å². The summed E-state index contributed by atoms with van der Waals surface area (Å²) in [6, 6.07) is 16.2. The number of fused-ring (bicyclic) bond motifs is 4. The molecule has 23 heavy (non-hydrogen) atoms. The molecule has 0 saturated carbocycles. The highest BCUT2D eigenvalue weighted by molar-refractivity contribution is 5.97. The van der Waals surface area contributed by atoms with Crippen molar-refractivity contribution in [3.8, 4) is 11.3 Å². The van der Waals surface area contributed by atoms with E-state index in [2.05, 4.69) is 67.2 Å². The van der Waals surface area contributed by atoms with Gasteiger partial charge in [-0.3, -0.25) is 0 Å². The van der Waals surface area contributed by atoms with Crippen molar-refractivity contribution < 1.29 is 4.57 Å². The molecule has 1 aliphatic carbocycles. The fraction of sp³-hybridized carbons (Fsp3) is 0.318. The van der Waals surface area contributed by atoms with E-state index in [-0.39, 0.29) is 0 Å². The van der Waals surface area contributed by atoms with Crippen molar-refractivity contribution in [3.05, 3.63) is 65.4 Å². The summed E-state index contributed by atoms with van der Waals surface area (Å²) in [6.07, 6.45) is 8.50. The molecule has 1 nitrogen and oxygen atoms in total. The van der Waals surface area contributed by atoms with Crippen LogP contribution in [0.4, 0.5) is 0 Å². The highest BCUT2D eigenvalue weighted by Crippen LogP contribution is 2.32. The van der Waals surface area contributed by atoms with Crippen LogP contribution >= 0.6 is 0 Å². The quantitative estimate of drug-likeness (QED) is 0.520. The third-order valence-corrected chi connectivity index (χ3v) is 5.20. The second kappa shape index (κ2) is 5.81. The van der Waals surface area contributed by atoms with Crippen LogP contribution in [-0.4, -0.2) is 0 Å². The zero-order chi connectivity index (χ0) is 15.8. The first-order valence-electron chi connectivity index (χ1n) is 8.73. The smallest absolute Gasteiger partial charge is 0.201 e. The molecule has 0 atom stereocenters. The summed E-state index contributed by atoms with van der Waals surface area (Å²) >= 11 is 0. The fourth-order valence-corrected chi connectivity index (χ4v) is 3.82. The molecule has 0 saturated heterocycles. The third kappa shape index (κ3) is 2.65. The molecule has 1 aromatic heterocycles. The molecule has 4 rings (SSSR count). The average molecular weight is 302 g/mol. The molecular formula is C22H24N+. The minimum atomic E-state index is 1.19. The van der Waals surface area contributed by atoms with Crippen molar-refractivity contribution in [1.29, 1.82) is 0 Å². The van der Waals surface area contributed by atoms with Gasteiger partial charge < -0.3 is 0 Å². The molecular weight excluding hydrogens is 278 g/mol. The molecule has 4 bridgehead atoms. The summed E-state index contributed by atoms with van der Waals surface area (Å²) < 4.78 is 2.27. The Labute approximate surface area is 138 Å². The zero-order valence-corrected chi connectivity index (χ0v) is 14.1. The van der Waals surface area contributed by atoms with E-state index in [1.807, 2.05) is 0 Å². The molecule has 3 aromatic rings. The van der Waals surface area contributed by atoms with Gasteiger partial charge in [0.1, 0.15) is 7.05 Å². The van der Waals surface area contributed by atoms with E-state index >= 15 is 0 Å². The molecule has 0 N–H and O–H groups in total. The number of benzene rings is 2. The van der Waals surface area contributed by atoms with Gasteiger partial charge in [-0.05, 0) is 60.1 Å². The SMILES string of the molecule is Cc1ccc2ccc3cc2c1-c1cc(cc[n+]1C)CCCCC3. The summed E-state index contributed by atoms with van der Waals surface area (Å²) in [4.78, 5) is 0. The fourth-order valence-electron chi connectivity index (χ4n) is 3.82. The van der Waals surface area contributed by atoms with Crippen molar-refractivity contribution in [1.82, 2.24) is 0 Å². The number of aromatic nitrogens is 1. The van der Waals surface area contributed by atoms with Gasteiger partial charge in [-0.15, -0.1) is 0 Å². The molecule has 0 fully saturated rings. The van der Waals surface area contributed by atoms with Crippen LogP contribution in [0.25, 0.3) is 22.0 Å². The maximum atomic E-state index is 2.42. The minimum absolute atomic E-state index is 1.19. The lowest BCUT2D eigenvalue weighted by molar-refractivity contribution is -0.660. The first-order chi connectivity index (χ1) is 11.2. The summed E-state index contributed by atoms with van der Waals surface area (Å²) in [5.74, 6) is 0. The van der Waals surface area contributed by atoms with Gasteiger partial charge in [0.2, 0.25) is 5.69 Å². The van der Waals surface area contributed by atoms with E-state index in [0.29, 0.717) is 0 Å². The Kier molecular flexibility index (Phi) is 3.65. The number of aryl methyl sites for hydroxylation is 4. The van der Waals surface area contributed by atoms with Gasteiger partial charge in [-0.2, -0.15) is 0 Å². The number of rotatable bonds is 0. The van der Waals surface area contributed by atoms with E-state index in [9.17, 15) is 0 Å². The monoisotopic (exact) mass is 302 g/mol. The molecule has 1 heterocycles. The van der Waals surface area contributed by atoms with Gasteiger partial charge >= 0.3 is 0 Å². The first-order valence-corrected chi connectivity index (χ1v) is 8.73. The molecule has 1 heteroatoms. The molecule has 0 aliphatic heterocycles. The predicted octanol–water partition coefficient (Wildman–Crippen LogP) is 4.91. The van der Waals surface area contributed by atoms with Gasteiger partial charge in [0.25, 0.3) is 0 Å². The second-order valence-electron chi connectivity index (χ2n) is 6.90. The Morgan fingerprint density at radius 1 is 0.826 bits per heavy atom. The van der Waals surface area contributed by atoms with Gasteiger partial charge in [0.05, 0.1) is 5.56 Å². The molecule has 0 radical (unpaired) electrons. The molecule has 0 spiro atoms. The van der Waals surface area contributed by atoms with Crippen molar-refractivity contribution in [2.24, 2.45) is 7.05 Å². The van der Waals surface area contributed by atoms with Crippen LogP contribution in [0.2, 0.25) is 0 Å². The lowest BCUT2D eigenvalue weighted by Gasteiger charge is -2.13. The van der Waals surface area contributed by atoms with Crippen LogP contribution in [0.5, 0.6) is 0 Å². The largest absolute Gasteiger partial charge is 0.213 e. The van der Waals surface area contributed by atoms with Crippen LogP contribution in [0.15, 0.2) is 48.7 Å². The summed E-state index contributed by atoms with van der Waals surface area (Å²) in [7, 11) is 2.16. The van der Waals surface area contributed by atoms with Crippen LogP contribution < -0.4 is 4.57 Å². The van der Waals surface area contributed by atoms with Crippen molar-refractivity contribution in [2.45, 2.75) is 39.0 Å². The Balaban J connectivity index is 2.07. The molecule has 0 amide bonds.